The molecule has 0 amide bonds. The molecule has 0 bridgehead atoms. The number of hydrogen-bond donors (Lipinski definition) is 1. The zero-order chi connectivity index (χ0) is 13.4. The van der Waals surface area contributed by atoms with Gasteiger partial charge in [-0.1, -0.05) is 0 Å². The van der Waals surface area contributed by atoms with Crippen molar-refractivity contribution in [3.05, 3.63) is 41.7 Å². The molecule has 1 aliphatic carbocycles. The van der Waals surface area contributed by atoms with Gasteiger partial charge in [-0.05, 0) is 12.8 Å². The first kappa shape index (κ1) is 12.2. The van der Waals surface area contributed by atoms with Crippen molar-refractivity contribution in [1.29, 1.82) is 0 Å². The average molecular weight is 268 g/mol. The maximum absolute atomic E-state index is 13.5. The SMILES string of the molecule is Fc1cc(F)c(-c2cnc(CNC3CC3)o2)c(F)c1. The molecule has 1 N–H and O–H groups in total. The third-order valence-corrected chi connectivity index (χ3v) is 2.93. The largest absolute Gasteiger partial charge is 0.439 e. The highest BCUT2D eigenvalue weighted by Crippen LogP contribution is 2.28. The van der Waals surface area contributed by atoms with Gasteiger partial charge in [0.15, 0.2) is 5.76 Å². The predicted molar refractivity (Wildman–Crippen MR) is 61.7 cm³/mol. The smallest absolute Gasteiger partial charge is 0.208 e. The molecule has 2 aromatic rings. The predicted octanol–water partition coefficient (Wildman–Crippen LogP) is 3.01. The van der Waals surface area contributed by atoms with Crippen LogP contribution in [0.2, 0.25) is 0 Å². The molecule has 0 aliphatic heterocycles. The molecule has 1 saturated carbocycles. The van der Waals surface area contributed by atoms with Crippen LogP contribution in [0.25, 0.3) is 11.3 Å². The van der Waals surface area contributed by atoms with Crippen LogP contribution in [-0.2, 0) is 6.54 Å². The van der Waals surface area contributed by atoms with Crippen molar-refractivity contribution in [2.75, 3.05) is 0 Å². The summed E-state index contributed by atoms with van der Waals surface area (Å²) in [4.78, 5) is 3.94. The van der Waals surface area contributed by atoms with E-state index in [9.17, 15) is 13.2 Å². The Balaban J connectivity index is 1.85. The number of aromatic nitrogens is 1. The lowest BCUT2D eigenvalue weighted by molar-refractivity contribution is 0.469. The van der Waals surface area contributed by atoms with Crippen molar-refractivity contribution in [3.63, 3.8) is 0 Å². The first-order chi connectivity index (χ1) is 9.13. The van der Waals surface area contributed by atoms with E-state index in [1.807, 2.05) is 0 Å². The molecule has 1 fully saturated rings. The van der Waals surface area contributed by atoms with Crippen LogP contribution < -0.4 is 5.32 Å². The first-order valence-electron chi connectivity index (χ1n) is 5.96. The summed E-state index contributed by atoms with van der Waals surface area (Å²) in [5.41, 5.74) is -0.397. The summed E-state index contributed by atoms with van der Waals surface area (Å²) < 4.78 is 45.2. The van der Waals surface area contributed by atoms with E-state index in [4.69, 9.17) is 4.42 Å². The molecule has 6 heteroatoms. The molecule has 0 spiro atoms. The Hall–Kier alpha value is -1.82. The topological polar surface area (TPSA) is 38.1 Å². The van der Waals surface area contributed by atoms with Gasteiger partial charge in [0.25, 0.3) is 0 Å². The van der Waals surface area contributed by atoms with Crippen molar-refractivity contribution in [3.8, 4) is 11.3 Å². The van der Waals surface area contributed by atoms with Crippen LogP contribution in [0.4, 0.5) is 13.2 Å². The Kier molecular flexibility index (Phi) is 3.02. The number of hydrogen-bond acceptors (Lipinski definition) is 3. The zero-order valence-corrected chi connectivity index (χ0v) is 9.92. The monoisotopic (exact) mass is 268 g/mol. The Morgan fingerprint density at radius 3 is 2.53 bits per heavy atom. The maximum atomic E-state index is 13.5. The molecule has 1 aliphatic rings. The molecule has 1 aromatic heterocycles. The van der Waals surface area contributed by atoms with Crippen molar-refractivity contribution in [2.45, 2.75) is 25.4 Å². The van der Waals surface area contributed by atoms with Gasteiger partial charge in [-0.15, -0.1) is 0 Å². The highest BCUT2D eigenvalue weighted by Gasteiger charge is 2.22. The van der Waals surface area contributed by atoms with E-state index in [1.54, 1.807) is 0 Å². The molecule has 1 aromatic carbocycles. The Morgan fingerprint density at radius 1 is 1.21 bits per heavy atom. The van der Waals surface area contributed by atoms with E-state index in [1.165, 1.54) is 6.20 Å². The summed E-state index contributed by atoms with van der Waals surface area (Å²) >= 11 is 0. The van der Waals surface area contributed by atoms with Gasteiger partial charge in [-0.2, -0.15) is 0 Å². The van der Waals surface area contributed by atoms with Crippen LogP contribution in [0.5, 0.6) is 0 Å². The van der Waals surface area contributed by atoms with Crippen molar-refractivity contribution >= 4 is 0 Å². The third kappa shape index (κ3) is 2.63. The zero-order valence-electron chi connectivity index (χ0n) is 9.92. The minimum absolute atomic E-state index is 0.0393. The molecule has 19 heavy (non-hydrogen) atoms. The van der Waals surface area contributed by atoms with Crippen molar-refractivity contribution in [2.24, 2.45) is 0 Å². The molecular formula is C13H11F3N2O. The number of nitrogens with zero attached hydrogens (tertiary/aromatic N) is 1. The first-order valence-corrected chi connectivity index (χ1v) is 5.96. The molecule has 0 saturated heterocycles. The number of nitrogens with one attached hydrogen (secondary N) is 1. The highest BCUT2D eigenvalue weighted by molar-refractivity contribution is 5.58. The summed E-state index contributed by atoms with van der Waals surface area (Å²) in [6.45, 7) is 0.412. The summed E-state index contributed by atoms with van der Waals surface area (Å²) in [5.74, 6) is -2.66. The van der Waals surface area contributed by atoms with Gasteiger partial charge in [0, 0.05) is 18.2 Å². The minimum Gasteiger partial charge on any atom is -0.439 e. The van der Waals surface area contributed by atoms with E-state index < -0.39 is 23.0 Å². The normalized spacial score (nSPS) is 14.9. The molecule has 3 nitrogen and oxygen atoms in total. The lowest BCUT2D eigenvalue weighted by Crippen LogP contribution is -2.15. The number of benzene rings is 1. The molecule has 0 atom stereocenters. The Bertz CT molecular complexity index is 585. The van der Waals surface area contributed by atoms with Gasteiger partial charge in [0.05, 0.1) is 18.3 Å². The van der Waals surface area contributed by atoms with Crippen molar-refractivity contribution < 1.29 is 17.6 Å². The third-order valence-electron chi connectivity index (χ3n) is 2.93. The van der Waals surface area contributed by atoms with Crippen LogP contribution in [0, 0.1) is 17.5 Å². The second-order valence-electron chi connectivity index (χ2n) is 4.52. The van der Waals surface area contributed by atoms with Crippen LogP contribution in [0.1, 0.15) is 18.7 Å². The quantitative estimate of drug-likeness (QED) is 0.926. The molecular weight excluding hydrogens is 257 g/mol. The van der Waals surface area contributed by atoms with Gasteiger partial charge in [-0.25, -0.2) is 18.2 Å². The fourth-order valence-corrected chi connectivity index (χ4v) is 1.80. The molecule has 100 valence electrons. The van der Waals surface area contributed by atoms with E-state index in [0.29, 0.717) is 30.6 Å². The van der Waals surface area contributed by atoms with E-state index in [0.717, 1.165) is 12.8 Å². The van der Waals surface area contributed by atoms with Crippen LogP contribution >= 0.6 is 0 Å². The standard InChI is InChI=1S/C13H11F3N2O/c14-7-3-9(15)13(10(16)4-7)11-5-18-12(19-11)6-17-8-1-2-8/h3-5,8,17H,1-2,6H2. The fourth-order valence-electron chi connectivity index (χ4n) is 1.80. The van der Waals surface area contributed by atoms with Gasteiger partial charge in [0.1, 0.15) is 17.5 Å². The minimum atomic E-state index is -1.00. The highest BCUT2D eigenvalue weighted by atomic mass is 19.1. The summed E-state index contributed by atoms with van der Waals surface area (Å²) in [5, 5.41) is 3.17. The van der Waals surface area contributed by atoms with Gasteiger partial charge in [-0.3, -0.25) is 0 Å². The van der Waals surface area contributed by atoms with E-state index in [-0.39, 0.29) is 5.76 Å². The Labute approximate surface area is 107 Å². The summed E-state index contributed by atoms with van der Waals surface area (Å²) in [6.07, 6.45) is 3.48. The summed E-state index contributed by atoms with van der Waals surface area (Å²) in [6, 6.07) is 1.71. The van der Waals surface area contributed by atoms with Crippen LogP contribution in [0.3, 0.4) is 0 Å². The number of oxazole rings is 1. The lowest BCUT2D eigenvalue weighted by atomic mass is 10.1. The second-order valence-corrected chi connectivity index (χ2v) is 4.52. The molecule has 3 rings (SSSR count). The number of rotatable bonds is 4. The van der Waals surface area contributed by atoms with E-state index >= 15 is 0 Å². The van der Waals surface area contributed by atoms with Gasteiger partial charge < -0.3 is 9.73 Å². The fraction of sp³-hybridized carbons (Fsp3) is 0.308. The van der Waals surface area contributed by atoms with Gasteiger partial charge in [0.2, 0.25) is 5.89 Å². The molecule has 0 radical (unpaired) electrons. The number of halogens is 3. The summed E-state index contributed by atoms with van der Waals surface area (Å²) in [7, 11) is 0. The van der Waals surface area contributed by atoms with Gasteiger partial charge >= 0.3 is 0 Å². The van der Waals surface area contributed by atoms with Crippen LogP contribution in [-0.4, -0.2) is 11.0 Å². The van der Waals surface area contributed by atoms with E-state index in [2.05, 4.69) is 10.3 Å². The molecule has 1 heterocycles. The maximum Gasteiger partial charge on any atom is 0.208 e. The average Bonchev–Trinajstić information content (AvgIpc) is 3.05. The van der Waals surface area contributed by atoms with Crippen LogP contribution in [0.15, 0.2) is 22.7 Å². The van der Waals surface area contributed by atoms with Crippen molar-refractivity contribution in [1.82, 2.24) is 10.3 Å². The molecule has 0 unspecified atom stereocenters. The lowest BCUT2D eigenvalue weighted by Gasteiger charge is -2.01. The second kappa shape index (κ2) is 4.70. The Morgan fingerprint density at radius 2 is 1.89 bits per heavy atom.